The second kappa shape index (κ2) is 7.68. The lowest BCUT2D eigenvalue weighted by atomic mass is 10.1. The molecule has 2 rings (SSSR count). The second-order valence-electron chi connectivity index (χ2n) is 5.28. The molecule has 0 heterocycles. The van der Waals surface area contributed by atoms with Gasteiger partial charge in [-0.2, -0.15) is 0 Å². The second-order valence-corrected chi connectivity index (χ2v) is 5.28. The van der Waals surface area contributed by atoms with E-state index in [1.807, 2.05) is 45.9 Å². The Labute approximate surface area is 137 Å². The normalized spacial score (nSPS) is 10.3. The number of nitrogens with one attached hydrogen (secondary N) is 1. The van der Waals surface area contributed by atoms with Crippen LogP contribution < -0.4 is 14.8 Å². The first-order valence-electron chi connectivity index (χ1n) is 7.83. The van der Waals surface area contributed by atoms with Crippen molar-refractivity contribution in [3.05, 3.63) is 53.1 Å². The molecule has 122 valence electrons. The minimum atomic E-state index is -0.195. The first-order valence-corrected chi connectivity index (χ1v) is 7.83. The van der Waals surface area contributed by atoms with Gasteiger partial charge in [0, 0.05) is 11.8 Å². The van der Waals surface area contributed by atoms with Gasteiger partial charge in [-0.15, -0.1) is 0 Å². The van der Waals surface area contributed by atoms with Crippen molar-refractivity contribution in [2.45, 2.75) is 27.7 Å². The highest BCUT2D eigenvalue weighted by atomic mass is 16.5. The molecule has 4 heteroatoms. The molecule has 2 aromatic carbocycles. The van der Waals surface area contributed by atoms with Crippen LogP contribution in [-0.4, -0.2) is 19.1 Å². The van der Waals surface area contributed by atoms with Gasteiger partial charge in [0.2, 0.25) is 0 Å². The number of hydrogen-bond donors (Lipinski definition) is 1. The number of anilines is 1. The van der Waals surface area contributed by atoms with Gasteiger partial charge in [-0.05, 0) is 63.1 Å². The monoisotopic (exact) mass is 313 g/mol. The molecule has 0 atom stereocenters. The van der Waals surface area contributed by atoms with Crippen molar-refractivity contribution in [1.29, 1.82) is 0 Å². The van der Waals surface area contributed by atoms with Gasteiger partial charge in [0.15, 0.2) is 0 Å². The van der Waals surface area contributed by atoms with E-state index in [0.29, 0.717) is 30.3 Å². The van der Waals surface area contributed by atoms with Crippen molar-refractivity contribution in [1.82, 2.24) is 0 Å². The lowest BCUT2D eigenvalue weighted by Crippen LogP contribution is -2.14. The fourth-order valence-electron chi connectivity index (χ4n) is 2.24. The summed E-state index contributed by atoms with van der Waals surface area (Å²) in [5.74, 6) is 1.03. The van der Waals surface area contributed by atoms with Crippen molar-refractivity contribution in [2.24, 2.45) is 0 Å². The summed E-state index contributed by atoms with van der Waals surface area (Å²) in [6.07, 6.45) is 0. The average molecular weight is 313 g/mol. The molecular formula is C19H23NO3. The van der Waals surface area contributed by atoms with E-state index in [1.165, 1.54) is 5.56 Å². The highest BCUT2D eigenvalue weighted by Crippen LogP contribution is 2.26. The van der Waals surface area contributed by atoms with E-state index in [9.17, 15) is 4.79 Å². The maximum absolute atomic E-state index is 12.5. The SMILES string of the molecule is CCOc1ccc(C(=O)Nc2ccc(C)c(C)c2)c(OCC)c1. The molecule has 0 aliphatic heterocycles. The van der Waals surface area contributed by atoms with Crippen LogP contribution in [0.5, 0.6) is 11.5 Å². The molecule has 0 aliphatic rings. The highest BCUT2D eigenvalue weighted by Gasteiger charge is 2.14. The Morgan fingerprint density at radius 2 is 1.70 bits per heavy atom. The predicted octanol–water partition coefficient (Wildman–Crippen LogP) is 4.35. The minimum absolute atomic E-state index is 0.195. The smallest absolute Gasteiger partial charge is 0.259 e. The van der Waals surface area contributed by atoms with Crippen LogP contribution >= 0.6 is 0 Å². The quantitative estimate of drug-likeness (QED) is 0.862. The molecule has 2 aromatic rings. The van der Waals surface area contributed by atoms with E-state index in [0.717, 1.165) is 11.3 Å². The molecule has 1 amide bonds. The lowest BCUT2D eigenvalue weighted by molar-refractivity contribution is 0.102. The summed E-state index contributed by atoms with van der Waals surface area (Å²) in [5, 5.41) is 2.92. The van der Waals surface area contributed by atoms with E-state index in [2.05, 4.69) is 5.32 Å². The number of rotatable bonds is 6. The van der Waals surface area contributed by atoms with Crippen LogP contribution in [0.1, 0.15) is 35.3 Å². The van der Waals surface area contributed by atoms with Crippen molar-refractivity contribution in [2.75, 3.05) is 18.5 Å². The zero-order valence-corrected chi connectivity index (χ0v) is 14.1. The van der Waals surface area contributed by atoms with Crippen LogP contribution in [0.3, 0.4) is 0 Å². The van der Waals surface area contributed by atoms with Gasteiger partial charge >= 0.3 is 0 Å². The third-order valence-electron chi connectivity index (χ3n) is 3.57. The Morgan fingerprint density at radius 1 is 0.957 bits per heavy atom. The molecule has 0 saturated carbocycles. The van der Waals surface area contributed by atoms with Crippen molar-refractivity contribution in [3.8, 4) is 11.5 Å². The number of amides is 1. The summed E-state index contributed by atoms with van der Waals surface area (Å²) in [4.78, 5) is 12.5. The van der Waals surface area contributed by atoms with Gasteiger partial charge in [-0.1, -0.05) is 6.07 Å². The Kier molecular flexibility index (Phi) is 5.63. The highest BCUT2D eigenvalue weighted by molar-refractivity contribution is 6.06. The van der Waals surface area contributed by atoms with Crippen molar-refractivity contribution < 1.29 is 14.3 Å². The van der Waals surface area contributed by atoms with Gasteiger partial charge in [0.05, 0.1) is 18.8 Å². The van der Waals surface area contributed by atoms with Crippen LogP contribution in [0.25, 0.3) is 0 Å². The number of carbonyl (C=O) groups is 1. The number of aryl methyl sites for hydroxylation is 2. The molecule has 0 fully saturated rings. The van der Waals surface area contributed by atoms with E-state index in [1.54, 1.807) is 18.2 Å². The minimum Gasteiger partial charge on any atom is -0.494 e. The average Bonchev–Trinajstić information content (AvgIpc) is 2.52. The number of benzene rings is 2. The van der Waals surface area contributed by atoms with Gasteiger partial charge in [0.25, 0.3) is 5.91 Å². The molecule has 0 unspecified atom stereocenters. The van der Waals surface area contributed by atoms with E-state index >= 15 is 0 Å². The first kappa shape index (κ1) is 16.9. The Hall–Kier alpha value is -2.49. The van der Waals surface area contributed by atoms with Gasteiger partial charge in [-0.3, -0.25) is 4.79 Å². The summed E-state index contributed by atoms with van der Waals surface area (Å²) in [7, 11) is 0. The molecule has 0 aliphatic carbocycles. The zero-order valence-electron chi connectivity index (χ0n) is 14.1. The topological polar surface area (TPSA) is 47.6 Å². The number of hydrogen-bond acceptors (Lipinski definition) is 3. The Balaban J connectivity index is 2.24. The fraction of sp³-hybridized carbons (Fsp3) is 0.316. The zero-order chi connectivity index (χ0) is 16.8. The summed E-state index contributed by atoms with van der Waals surface area (Å²) < 4.78 is 11.0. The van der Waals surface area contributed by atoms with Crippen LogP contribution in [0.4, 0.5) is 5.69 Å². The molecule has 0 bridgehead atoms. The maximum Gasteiger partial charge on any atom is 0.259 e. The molecule has 4 nitrogen and oxygen atoms in total. The largest absolute Gasteiger partial charge is 0.494 e. The molecule has 0 radical (unpaired) electrons. The molecular weight excluding hydrogens is 290 g/mol. The molecule has 23 heavy (non-hydrogen) atoms. The van der Waals surface area contributed by atoms with Gasteiger partial charge < -0.3 is 14.8 Å². The Bertz CT molecular complexity index is 695. The standard InChI is InChI=1S/C19H23NO3/c1-5-22-16-9-10-17(18(12-16)23-6-2)19(21)20-15-8-7-13(3)14(4)11-15/h7-12H,5-6H2,1-4H3,(H,20,21). The summed E-state index contributed by atoms with van der Waals surface area (Å²) in [5.41, 5.74) is 3.60. The van der Waals surface area contributed by atoms with E-state index in [-0.39, 0.29) is 5.91 Å². The van der Waals surface area contributed by atoms with Crippen LogP contribution in [0, 0.1) is 13.8 Å². The van der Waals surface area contributed by atoms with Gasteiger partial charge in [0.1, 0.15) is 11.5 Å². The fourth-order valence-corrected chi connectivity index (χ4v) is 2.24. The van der Waals surface area contributed by atoms with Crippen LogP contribution in [0.15, 0.2) is 36.4 Å². The van der Waals surface area contributed by atoms with E-state index in [4.69, 9.17) is 9.47 Å². The summed E-state index contributed by atoms with van der Waals surface area (Å²) in [6.45, 7) is 8.92. The maximum atomic E-state index is 12.5. The van der Waals surface area contributed by atoms with Crippen LogP contribution in [0.2, 0.25) is 0 Å². The van der Waals surface area contributed by atoms with Crippen molar-refractivity contribution >= 4 is 11.6 Å². The lowest BCUT2D eigenvalue weighted by Gasteiger charge is -2.13. The number of carbonyl (C=O) groups excluding carboxylic acids is 1. The molecule has 0 aromatic heterocycles. The third-order valence-corrected chi connectivity index (χ3v) is 3.57. The predicted molar refractivity (Wildman–Crippen MR) is 92.6 cm³/mol. The molecule has 1 N–H and O–H groups in total. The van der Waals surface area contributed by atoms with Crippen LogP contribution in [-0.2, 0) is 0 Å². The first-order chi connectivity index (χ1) is 11.0. The third kappa shape index (κ3) is 4.25. The number of ether oxygens (including phenoxy) is 2. The Morgan fingerprint density at radius 3 is 2.35 bits per heavy atom. The van der Waals surface area contributed by atoms with Gasteiger partial charge in [-0.25, -0.2) is 0 Å². The van der Waals surface area contributed by atoms with E-state index < -0.39 is 0 Å². The summed E-state index contributed by atoms with van der Waals surface area (Å²) >= 11 is 0. The molecule has 0 spiro atoms. The summed E-state index contributed by atoms with van der Waals surface area (Å²) in [6, 6.07) is 11.1. The van der Waals surface area contributed by atoms with Crippen molar-refractivity contribution in [3.63, 3.8) is 0 Å². The molecule has 0 saturated heterocycles.